The second kappa shape index (κ2) is 4.79. The molecule has 0 saturated heterocycles. The number of alkyl halides is 2. The first-order valence-electron chi connectivity index (χ1n) is 5.78. The number of hydrogen-bond donors (Lipinski definition) is 1. The average Bonchev–Trinajstić information content (AvgIpc) is 2.82. The lowest BCUT2D eigenvalue weighted by Crippen LogP contribution is -2.03. The van der Waals surface area contributed by atoms with Crippen molar-refractivity contribution in [1.82, 2.24) is 9.97 Å². The summed E-state index contributed by atoms with van der Waals surface area (Å²) in [6.07, 6.45) is -0.168. The van der Waals surface area contributed by atoms with Gasteiger partial charge in [0.25, 0.3) is 6.43 Å². The largest absolute Gasteiger partial charge is 0.324 e. The second-order valence-corrected chi connectivity index (χ2v) is 4.71. The lowest BCUT2D eigenvalue weighted by molar-refractivity contribution is -0.115. The molecule has 2 aromatic rings. The zero-order valence-corrected chi connectivity index (χ0v) is 10.8. The standard InChI is InChI=1S/C13H8ClF2N3O/c14-8-2-1-6(7-3-11(20)19-12(7)8)9-4-18-10(5-17-9)13(15)16/h1-2,4-5,13H,3H2,(H,19,20). The lowest BCUT2D eigenvalue weighted by Gasteiger charge is -2.08. The summed E-state index contributed by atoms with van der Waals surface area (Å²) in [5, 5.41) is 3.10. The van der Waals surface area contributed by atoms with Gasteiger partial charge in [0.15, 0.2) is 0 Å². The third kappa shape index (κ3) is 2.12. The Kier molecular flexibility index (Phi) is 3.10. The summed E-state index contributed by atoms with van der Waals surface area (Å²) < 4.78 is 24.9. The molecule has 1 aromatic heterocycles. The van der Waals surface area contributed by atoms with Gasteiger partial charge in [-0.15, -0.1) is 0 Å². The molecule has 0 fully saturated rings. The fourth-order valence-electron chi connectivity index (χ4n) is 2.11. The number of anilines is 1. The highest BCUT2D eigenvalue weighted by atomic mass is 35.5. The van der Waals surface area contributed by atoms with Crippen molar-refractivity contribution in [3.63, 3.8) is 0 Å². The van der Waals surface area contributed by atoms with E-state index in [0.29, 0.717) is 27.5 Å². The van der Waals surface area contributed by atoms with Gasteiger partial charge in [-0.3, -0.25) is 14.8 Å². The Hall–Kier alpha value is -2.08. The molecule has 2 heterocycles. The van der Waals surface area contributed by atoms with Crippen LogP contribution in [0.5, 0.6) is 0 Å². The van der Waals surface area contributed by atoms with Crippen LogP contribution >= 0.6 is 11.6 Å². The van der Waals surface area contributed by atoms with Crippen LogP contribution in [-0.4, -0.2) is 15.9 Å². The van der Waals surface area contributed by atoms with E-state index in [1.807, 2.05) is 0 Å². The molecule has 0 bridgehead atoms. The van der Waals surface area contributed by atoms with E-state index in [-0.39, 0.29) is 18.0 Å². The molecule has 0 spiro atoms. The summed E-state index contributed by atoms with van der Waals surface area (Å²) in [5.74, 6) is -0.161. The van der Waals surface area contributed by atoms with Gasteiger partial charge in [-0.1, -0.05) is 17.7 Å². The minimum Gasteiger partial charge on any atom is -0.324 e. The number of halogens is 3. The van der Waals surface area contributed by atoms with Crippen molar-refractivity contribution in [2.24, 2.45) is 0 Å². The summed E-state index contributed by atoms with van der Waals surface area (Å²) in [6, 6.07) is 3.33. The van der Waals surface area contributed by atoms with Gasteiger partial charge in [-0.2, -0.15) is 0 Å². The molecule has 0 radical (unpaired) electrons. The highest BCUT2D eigenvalue weighted by molar-refractivity contribution is 6.34. The summed E-state index contributed by atoms with van der Waals surface area (Å²) in [7, 11) is 0. The summed E-state index contributed by atoms with van der Waals surface area (Å²) >= 11 is 6.01. The first-order chi connectivity index (χ1) is 9.56. The van der Waals surface area contributed by atoms with E-state index < -0.39 is 6.43 Å². The number of aromatic nitrogens is 2. The van der Waals surface area contributed by atoms with Crippen LogP contribution in [0.2, 0.25) is 5.02 Å². The molecule has 1 aliphatic heterocycles. The van der Waals surface area contributed by atoms with Crippen LogP contribution in [0, 0.1) is 0 Å². The number of nitrogens with one attached hydrogen (secondary N) is 1. The van der Waals surface area contributed by atoms with Crippen molar-refractivity contribution >= 4 is 23.2 Å². The SMILES string of the molecule is O=C1Cc2c(-c3cnc(C(F)F)cn3)ccc(Cl)c2N1. The minimum absolute atomic E-state index is 0.161. The number of rotatable bonds is 2. The maximum absolute atomic E-state index is 12.5. The summed E-state index contributed by atoms with van der Waals surface area (Å²) in [4.78, 5) is 19.1. The van der Waals surface area contributed by atoms with Gasteiger partial charge in [0, 0.05) is 5.56 Å². The minimum atomic E-state index is -2.66. The van der Waals surface area contributed by atoms with Crippen LogP contribution in [0.15, 0.2) is 24.5 Å². The van der Waals surface area contributed by atoms with Crippen LogP contribution in [0.1, 0.15) is 17.7 Å². The molecule has 102 valence electrons. The van der Waals surface area contributed by atoms with Crippen molar-refractivity contribution in [2.45, 2.75) is 12.8 Å². The third-order valence-corrected chi connectivity index (χ3v) is 3.35. The van der Waals surface area contributed by atoms with Gasteiger partial charge >= 0.3 is 0 Å². The van der Waals surface area contributed by atoms with Crippen molar-refractivity contribution in [2.75, 3.05) is 5.32 Å². The van der Waals surface area contributed by atoms with Crippen LogP contribution < -0.4 is 5.32 Å². The van der Waals surface area contributed by atoms with Gasteiger partial charge < -0.3 is 5.32 Å². The smallest absolute Gasteiger partial charge is 0.281 e. The average molecular weight is 296 g/mol. The number of fused-ring (bicyclic) bond motifs is 1. The topological polar surface area (TPSA) is 54.9 Å². The highest BCUT2D eigenvalue weighted by Gasteiger charge is 2.24. The maximum Gasteiger partial charge on any atom is 0.281 e. The van der Waals surface area contributed by atoms with Crippen molar-refractivity contribution in [1.29, 1.82) is 0 Å². The molecule has 1 aromatic carbocycles. The van der Waals surface area contributed by atoms with Crippen molar-refractivity contribution < 1.29 is 13.6 Å². The number of nitrogens with zero attached hydrogens (tertiary/aromatic N) is 2. The number of carbonyl (C=O) groups is 1. The number of amides is 1. The Morgan fingerprint density at radius 2 is 2.05 bits per heavy atom. The lowest BCUT2D eigenvalue weighted by atomic mass is 10.0. The molecular formula is C13H8ClF2N3O. The van der Waals surface area contributed by atoms with Gasteiger partial charge in [-0.25, -0.2) is 8.78 Å². The fraction of sp³-hybridized carbons (Fsp3) is 0.154. The predicted octanol–water partition coefficient (Wildman–Crippen LogP) is 3.23. The molecular weight excluding hydrogens is 288 g/mol. The van der Waals surface area contributed by atoms with Crippen LogP contribution in [0.4, 0.5) is 14.5 Å². The van der Waals surface area contributed by atoms with Crippen LogP contribution in [0.3, 0.4) is 0 Å². The van der Waals surface area contributed by atoms with Gasteiger partial charge in [0.05, 0.1) is 35.2 Å². The summed E-state index contributed by atoms with van der Waals surface area (Å²) in [6.45, 7) is 0. The molecule has 20 heavy (non-hydrogen) atoms. The van der Waals surface area contributed by atoms with Gasteiger partial charge in [0.1, 0.15) is 5.69 Å². The molecule has 4 nitrogen and oxygen atoms in total. The van der Waals surface area contributed by atoms with Crippen molar-refractivity contribution in [3.05, 3.63) is 40.8 Å². The molecule has 0 atom stereocenters. The van der Waals surface area contributed by atoms with E-state index in [9.17, 15) is 13.6 Å². The molecule has 0 saturated carbocycles. The Morgan fingerprint density at radius 1 is 1.25 bits per heavy atom. The fourth-order valence-corrected chi connectivity index (χ4v) is 2.34. The monoisotopic (exact) mass is 295 g/mol. The quantitative estimate of drug-likeness (QED) is 0.925. The van der Waals surface area contributed by atoms with Crippen molar-refractivity contribution in [3.8, 4) is 11.3 Å². The van der Waals surface area contributed by atoms with E-state index in [2.05, 4.69) is 15.3 Å². The normalized spacial score (nSPS) is 13.5. The highest BCUT2D eigenvalue weighted by Crippen LogP contribution is 2.37. The Labute approximate surface area is 117 Å². The Bertz CT molecular complexity index is 689. The molecule has 0 aliphatic carbocycles. The van der Waals surface area contributed by atoms with E-state index >= 15 is 0 Å². The predicted molar refractivity (Wildman–Crippen MR) is 69.8 cm³/mol. The van der Waals surface area contributed by atoms with Gasteiger partial charge in [-0.05, 0) is 11.6 Å². The van der Waals surface area contributed by atoms with Crippen LogP contribution in [-0.2, 0) is 11.2 Å². The molecule has 1 aliphatic rings. The number of benzene rings is 1. The number of hydrogen-bond acceptors (Lipinski definition) is 3. The maximum atomic E-state index is 12.5. The Morgan fingerprint density at radius 3 is 2.70 bits per heavy atom. The third-order valence-electron chi connectivity index (χ3n) is 3.04. The van der Waals surface area contributed by atoms with Crippen LogP contribution in [0.25, 0.3) is 11.3 Å². The zero-order chi connectivity index (χ0) is 14.3. The second-order valence-electron chi connectivity index (χ2n) is 4.30. The molecule has 0 unspecified atom stereocenters. The molecule has 3 rings (SSSR count). The molecule has 7 heteroatoms. The molecule has 1 amide bonds. The molecule has 1 N–H and O–H groups in total. The first kappa shape index (κ1) is 12.9. The number of carbonyl (C=O) groups excluding carboxylic acids is 1. The van der Waals surface area contributed by atoms with E-state index in [0.717, 1.165) is 6.20 Å². The van der Waals surface area contributed by atoms with E-state index in [1.54, 1.807) is 12.1 Å². The first-order valence-corrected chi connectivity index (χ1v) is 6.15. The van der Waals surface area contributed by atoms with E-state index in [4.69, 9.17) is 11.6 Å². The Balaban J connectivity index is 2.07. The summed E-state index contributed by atoms with van der Waals surface area (Å²) in [5.41, 5.74) is 1.97. The zero-order valence-electron chi connectivity index (χ0n) is 10.0. The van der Waals surface area contributed by atoms with Gasteiger partial charge in [0.2, 0.25) is 5.91 Å². The van der Waals surface area contributed by atoms with E-state index in [1.165, 1.54) is 6.20 Å².